The molecular weight excluding hydrogens is 164 g/mol. The lowest BCUT2D eigenvalue weighted by Crippen LogP contribution is -2.37. The molecular formula is C11H18O2. The van der Waals surface area contributed by atoms with Crippen LogP contribution in [0.1, 0.15) is 40.0 Å². The summed E-state index contributed by atoms with van der Waals surface area (Å²) in [6, 6.07) is 0. The number of fused-ring (bicyclic) bond motifs is 1. The first-order chi connectivity index (χ1) is 6.04. The van der Waals surface area contributed by atoms with Gasteiger partial charge in [-0.2, -0.15) is 0 Å². The van der Waals surface area contributed by atoms with E-state index in [9.17, 15) is 4.79 Å². The summed E-state index contributed by atoms with van der Waals surface area (Å²) in [5.74, 6) is 0.836. The van der Waals surface area contributed by atoms with Crippen LogP contribution in [-0.2, 0) is 9.53 Å². The first-order valence-electron chi connectivity index (χ1n) is 5.24. The highest BCUT2D eigenvalue weighted by Gasteiger charge is 2.53. The van der Waals surface area contributed by atoms with Crippen LogP contribution in [0.25, 0.3) is 0 Å². The monoisotopic (exact) mass is 182 g/mol. The first-order valence-corrected chi connectivity index (χ1v) is 5.24. The molecule has 2 nitrogen and oxygen atoms in total. The third kappa shape index (κ3) is 1.18. The summed E-state index contributed by atoms with van der Waals surface area (Å²) in [5.41, 5.74) is 0.129. The molecule has 2 fully saturated rings. The Kier molecular flexibility index (Phi) is 1.90. The van der Waals surface area contributed by atoms with E-state index >= 15 is 0 Å². The van der Waals surface area contributed by atoms with Crippen LogP contribution in [0.15, 0.2) is 0 Å². The van der Waals surface area contributed by atoms with Crippen LogP contribution in [0, 0.1) is 17.3 Å². The fraction of sp³-hybridized carbons (Fsp3) is 0.909. The second-order valence-electron chi connectivity index (χ2n) is 5.03. The van der Waals surface area contributed by atoms with E-state index in [2.05, 4.69) is 13.8 Å². The minimum absolute atomic E-state index is 0.0154. The molecule has 0 spiro atoms. The highest BCUT2D eigenvalue weighted by atomic mass is 16.6. The molecule has 0 bridgehead atoms. The molecule has 4 atom stereocenters. The Labute approximate surface area is 79.7 Å². The van der Waals surface area contributed by atoms with Crippen molar-refractivity contribution in [2.75, 3.05) is 0 Å². The predicted molar refractivity (Wildman–Crippen MR) is 50.2 cm³/mol. The van der Waals surface area contributed by atoms with Crippen molar-refractivity contribution in [1.82, 2.24) is 0 Å². The quantitative estimate of drug-likeness (QED) is 0.538. The molecule has 0 radical (unpaired) electrons. The molecule has 0 amide bonds. The number of ether oxygens (including phenoxy) is 1. The molecule has 2 rings (SSSR count). The molecule has 1 heterocycles. The largest absolute Gasteiger partial charge is 0.462 e. The van der Waals surface area contributed by atoms with Crippen LogP contribution in [0.2, 0.25) is 0 Å². The van der Waals surface area contributed by atoms with Gasteiger partial charge >= 0.3 is 5.97 Å². The summed E-state index contributed by atoms with van der Waals surface area (Å²) in [6.45, 7) is 6.47. The highest BCUT2D eigenvalue weighted by Crippen LogP contribution is 2.50. The lowest BCUT2D eigenvalue weighted by atomic mass is 9.65. The average molecular weight is 182 g/mol. The summed E-state index contributed by atoms with van der Waals surface area (Å²) in [5, 5.41) is 0. The van der Waals surface area contributed by atoms with Crippen molar-refractivity contribution in [2.45, 2.75) is 46.1 Å². The van der Waals surface area contributed by atoms with E-state index < -0.39 is 0 Å². The van der Waals surface area contributed by atoms with Gasteiger partial charge in [0.05, 0.1) is 5.92 Å². The Balaban J connectivity index is 2.22. The van der Waals surface area contributed by atoms with Crippen molar-refractivity contribution in [3.8, 4) is 0 Å². The van der Waals surface area contributed by atoms with Gasteiger partial charge in [0.25, 0.3) is 0 Å². The zero-order chi connectivity index (χ0) is 9.64. The maximum absolute atomic E-state index is 11.4. The van der Waals surface area contributed by atoms with Gasteiger partial charge in [-0.3, -0.25) is 4.79 Å². The van der Waals surface area contributed by atoms with Gasteiger partial charge in [0.15, 0.2) is 0 Å². The van der Waals surface area contributed by atoms with Crippen LogP contribution in [0.5, 0.6) is 0 Å². The Morgan fingerprint density at radius 2 is 2.15 bits per heavy atom. The standard InChI is InChI=1S/C11H18O2/c1-7-4-5-11(3)8(2)10(12)13-9(11)6-7/h7-9H,4-6H2,1-3H3. The van der Waals surface area contributed by atoms with Crippen LogP contribution < -0.4 is 0 Å². The van der Waals surface area contributed by atoms with Crippen molar-refractivity contribution in [1.29, 1.82) is 0 Å². The second-order valence-corrected chi connectivity index (χ2v) is 5.03. The minimum atomic E-state index is 0.0154. The van der Waals surface area contributed by atoms with Gasteiger partial charge in [-0.1, -0.05) is 20.8 Å². The van der Waals surface area contributed by atoms with E-state index in [0.29, 0.717) is 0 Å². The van der Waals surface area contributed by atoms with Crippen molar-refractivity contribution in [2.24, 2.45) is 17.3 Å². The lowest BCUT2D eigenvalue weighted by molar-refractivity contribution is -0.144. The molecule has 0 aromatic carbocycles. The van der Waals surface area contributed by atoms with Crippen LogP contribution >= 0.6 is 0 Å². The van der Waals surface area contributed by atoms with E-state index in [4.69, 9.17) is 4.74 Å². The molecule has 0 aromatic rings. The third-order valence-corrected chi connectivity index (χ3v) is 4.13. The Morgan fingerprint density at radius 3 is 2.85 bits per heavy atom. The molecule has 0 aromatic heterocycles. The maximum Gasteiger partial charge on any atom is 0.309 e. The van der Waals surface area contributed by atoms with Gasteiger partial charge in [0, 0.05) is 5.41 Å². The Bertz CT molecular complexity index is 236. The molecule has 2 heteroatoms. The lowest BCUT2D eigenvalue weighted by Gasteiger charge is -2.38. The number of carbonyl (C=O) groups excluding carboxylic acids is 1. The van der Waals surface area contributed by atoms with Crippen LogP contribution in [0.3, 0.4) is 0 Å². The molecule has 2 aliphatic rings. The molecule has 1 saturated carbocycles. The van der Waals surface area contributed by atoms with Crippen LogP contribution in [-0.4, -0.2) is 12.1 Å². The van der Waals surface area contributed by atoms with Crippen molar-refractivity contribution < 1.29 is 9.53 Å². The molecule has 1 aliphatic heterocycles. The third-order valence-electron chi connectivity index (χ3n) is 4.13. The molecule has 13 heavy (non-hydrogen) atoms. The molecule has 1 saturated heterocycles. The van der Waals surface area contributed by atoms with Gasteiger partial charge in [-0.05, 0) is 25.2 Å². The fourth-order valence-electron chi connectivity index (χ4n) is 2.66. The number of hydrogen-bond donors (Lipinski definition) is 0. The normalized spacial score (nSPS) is 50.1. The molecule has 74 valence electrons. The van der Waals surface area contributed by atoms with Gasteiger partial charge in [0.2, 0.25) is 0 Å². The van der Waals surface area contributed by atoms with E-state index in [-0.39, 0.29) is 23.4 Å². The zero-order valence-corrected chi connectivity index (χ0v) is 8.67. The number of rotatable bonds is 0. The van der Waals surface area contributed by atoms with E-state index in [1.54, 1.807) is 0 Å². The maximum atomic E-state index is 11.4. The van der Waals surface area contributed by atoms with Crippen molar-refractivity contribution in [3.05, 3.63) is 0 Å². The molecule has 0 N–H and O–H groups in total. The average Bonchev–Trinajstić information content (AvgIpc) is 2.29. The van der Waals surface area contributed by atoms with E-state index in [1.165, 1.54) is 6.42 Å². The smallest absolute Gasteiger partial charge is 0.309 e. The molecule has 4 unspecified atom stereocenters. The predicted octanol–water partition coefficient (Wildman–Crippen LogP) is 2.37. The number of carbonyl (C=O) groups is 1. The zero-order valence-electron chi connectivity index (χ0n) is 8.67. The Hall–Kier alpha value is -0.530. The summed E-state index contributed by atoms with van der Waals surface area (Å²) in [4.78, 5) is 11.4. The summed E-state index contributed by atoms with van der Waals surface area (Å²) < 4.78 is 5.41. The first kappa shape index (κ1) is 9.04. The summed E-state index contributed by atoms with van der Waals surface area (Å²) in [6.07, 6.45) is 3.64. The topological polar surface area (TPSA) is 26.3 Å². The minimum Gasteiger partial charge on any atom is -0.462 e. The fourth-order valence-corrected chi connectivity index (χ4v) is 2.66. The SMILES string of the molecule is CC1CCC2(C)C(C1)OC(=O)C2C. The summed E-state index contributed by atoms with van der Waals surface area (Å²) in [7, 11) is 0. The highest BCUT2D eigenvalue weighted by molar-refractivity contribution is 5.75. The molecule has 1 aliphatic carbocycles. The van der Waals surface area contributed by atoms with Gasteiger partial charge in [0.1, 0.15) is 6.10 Å². The van der Waals surface area contributed by atoms with Gasteiger partial charge < -0.3 is 4.74 Å². The van der Waals surface area contributed by atoms with Gasteiger partial charge in [-0.25, -0.2) is 0 Å². The Morgan fingerprint density at radius 1 is 1.46 bits per heavy atom. The van der Waals surface area contributed by atoms with E-state index in [0.717, 1.165) is 18.8 Å². The van der Waals surface area contributed by atoms with Crippen molar-refractivity contribution >= 4 is 5.97 Å². The van der Waals surface area contributed by atoms with Crippen LogP contribution in [0.4, 0.5) is 0 Å². The van der Waals surface area contributed by atoms with E-state index in [1.807, 2.05) is 6.92 Å². The van der Waals surface area contributed by atoms with Gasteiger partial charge in [-0.15, -0.1) is 0 Å². The number of esters is 1. The summed E-state index contributed by atoms with van der Waals surface area (Å²) >= 11 is 0. The second kappa shape index (κ2) is 2.73. The number of hydrogen-bond acceptors (Lipinski definition) is 2. The van der Waals surface area contributed by atoms with Crippen molar-refractivity contribution in [3.63, 3.8) is 0 Å².